The summed E-state index contributed by atoms with van der Waals surface area (Å²) in [5.41, 5.74) is 11.7. The molecule has 1 aliphatic carbocycles. The first-order valence-electron chi connectivity index (χ1n) is 11.4. The minimum Gasteiger partial charge on any atom is -0.398 e. The molecule has 0 bridgehead atoms. The van der Waals surface area contributed by atoms with Crippen molar-refractivity contribution in [3.63, 3.8) is 0 Å². The van der Waals surface area contributed by atoms with Gasteiger partial charge in [0.15, 0.2) is 0 Å². The molecule has 0 unspecified atom stereocenters. The fraction of sp³-hybridized carbons (Fsp3) is 0.417. The molecule has 2 aliphatic rings. The van der Waals surface area contributed by atoms with Crippen LogP contribution < -0.4 is 11.5 Å². The molecule has 1 aliphatic heterocycles. The second-order valence-electron chi connectivity index (χ2n) is 8.99. The molecule has 1 aromatic heterocycles. The zero-order valence-electron chi connectivity index (χ0n) is 19.4. The number of nitrogens with two attached hydrogens (primary N) is 2. The molecule has 1 fully saturated rings. The van der Waals surface area contributed by atoms with Gasteiger partial charge in [-0.3, -0.25) is 10.2 Å². The van der Waals surface area contributed by atoms with Gasteiger partial charge in [0.25, 0.3) is 5.91 Å². The van der Waals surface area contributed by atoms with Crippen molar-refractivity contribution in [3.8, 4) is 0 Å². The van der Waals surface area contributed by atoms with E-state index in [9.17, 15) is 18.0 Å². The van der Waals surface area contributed by atoms with E-state index in [4.69, 9.17) is 22.3 Å². The van der Waals surface area contributed by atoms with Gasteiger partial charge in [-0.05, 0) is 56.0 Å². The van der Waals surface area contributed by atoms with Gasteiger partial charge in [-0.1, -0.05) is 0 Å². The van der Waals surface area contributed by atoms with Crippen LogP contribution in [-0.4, -0.2) is 72.0 Å². The Labute approximate surface area is 200 Å². The van der Waals surface area contributed by atoms with Gasteiger partial charge in [-0.15, -0.1) is 0 Å². The van der Waals surface area contributed by atoms with Gasteiger partial charge < -0.3 is 26.7 Å². The number of fused-ring (bicyclic) bond motifs is 3. The normalized spacial score (nSPS) is 17.7. The predicted molar refractivity (Wildman–Crippen MR) is 130 cm³/mol. The van der Waals surface area contributed by atoms with Crippen LogP contribution >= 0.6 is 0 Å². The maximum Gasteiger partial charge on any atom is 0.431 e. The van der Waals surface area contributed by atoms with Crippen molar-refractivity contribution >= 4 is 40.0 Å². The highest BCUT2D eigenvalue weighted by Crippen LogP contribution is 2.38. The lowest BCUT2D eigenvalue weighted by atomic mass is 9.83. The largest absolute Gasteiger partial charge is 0.431 e. The van der Waals surface area contributed by atoms with E-state index in [1.54, 1.807) is 11.0 Å². The number of alkyl halides is 3. The van der Waals surface area contributed by atoms with Crippen molar-refractivity contribution in [2.45, 2.75) is 31.9 Å². The lowest BCUT2D eigenvalue weighted by Crippen LogP contribution is -2.49. The highest BCUT2D eigenvalue weighted by atomic mass is 19.4. The van der Waals surface area contributed by atoms with E-state index in [2.05, 4.69) is 9.88 Å². The minimum absolute atomic E-state index is 0.0182. The Balaban J connectivity index is 1.92. The van der Waals surface area contributed by atoms with Crippen LogP contribution in [0, 0.1) is 10.8 Å². The van der Waals surface area contributed by atoms with Crippen molar-refractivity contribution in [3.05, 3.63) is 40.2 Å². The third-order valence-corrected chi connectivity index (χ3v) is 6.75. The molecule has 6 N–H and O–H groups in total. The first-order valence-corrected chi connectivity index (χ1v) is 11.4. The average Bonchev–Trinajstić information content (AvgIpc) is 2.83. The van der Waals surface area contributed by atoms with E-state index >= 15 is 0 Å². The molecule has 1 saturated heterocycles. The van der Waals surface area contributed by atoms with Crippen molar-refractivity contribution in [2.24, 2.45) is 5.73 Å². The molecular formula is C24H28F3N7O. The highest BCUT2D eigenvalue weighted by Gasteiger charge is 2.36. The Bertz CT molecular complexity index is 1240. The number of anilines is 1. The Morgan fingerprint density at radius 2 is 1.74 bits per heavy atom. The first kappa shape index (κ1) is 24.6. The standard InChI is InChI=1S/C24H28F3N7O/c1-33-8-10-34(11-9-33)23(35)20(30)19-16(29)6-7-17-18(19)13-4-2-3-5-14(13)21(32-17)15(12-28)22(31)24(25,26)27/h6-7,12,28,30H,2-5,8-11,29,31H2,1H3. The summed E-state index contributed by atoms with van der Waals surface area (Å²) >= 11 is 0. The molecule has 186 valence electrons. The van der Waals surface area contributed by atoms with E-state index in [1.807, 2.05) is 7.05 Å². The third-order valence-electron chi connectivity index (χ3n) is 6.75. The van der Waals surface area contributed by atoms with Crippen LogP contribution in [0.15, 0.2) is 17.8 Å². The number of pyridine rings is 1. The zero-order valence-corrected chi connectivity index (χ0v) is 19.4. The van der Waals surface area contributed by atoms with Crippen LogP contribution in [0.1, 0.15) is 35.2 Å². The van der Waals surface area contributed by atoms with Crippen molar-refractivity contribution in [1.29, 1.82) is 10.8 Å². The number of hydrogen-bond acceptors (Lipinski definition) is 7. The predicted octanol–water partition coefficient (Wildman–Crippen LogP) is 2.72. The maximum atomic E-state index is 13.4. The van der Waals surface area contributed by atoms with Crippen molar-refractivity contribution in [1.82, 2.24) is 14.8 Å². The van der Waals surface area contributed by atoms with Crippen molar-refractivity contribution < 1.29 is 18.0 Å². The summed E-state index contributed by atoms with van der Waals surface area (Å²) in [6.45, 7) is 2.38. The molecule has 35 heavy (non-hydrogen) atoms. The smallest absolute Gasteiger partial charge is 0.398 e. The second kappa shape index (κ2) is 9.29. The summed E-state index contributed by atoms with van der Waals surface area (Å²) in [5.74, 6) is -0.438. The van der Waals surface area contributed by atoms with Crippen LogP contribution in [0.5, 0.6) is 0 Å². The number of nitrogen functional groups attached to an aromatic ring is 1. The van der Waals surface area contributed by atoms with Crippen molar-refractivity contribution in [2.75, 3.05) is 39.0 Å². The highest BCUT2D eigenvalue weighted by molar-refractivity contribution is 6.47. The number of piperazine rings is 1. The van der Waals surface area contributed by atoms with Crippen LogP contribution in [0.4, 0.5) is 18.9 Å². The number of hydrogen-bond donors (Lipinski definition) is 4. The molecule has 2 heterocycles. The number of amides is 1. The van der Waals surface area contributed by atoms with E-state index in [0.717, 1.165) is 12.8 Å². The third kappa shape index (κ3) is 4.47. The monoisotopic (exact) mass is 487 g/mol. The molecule has 0 radical (unpaired) electrons. The summed E-state index contributed by atoms with van der Waals surface area (Å²) in [4.78, 5) is 21.4. The summed E-state index contributed by atoms with van der Waals surface area (Å²) in [5, 5.41) is 16.9. The number of likely N-dealkylation sites (N-methyl/N-ethyl adjacent to an activating group) is 1. The molecule has 8 nitrogen and oxygen atoms in total. The fourth-order valence-electron chi connectivity index (χ4n) is 4.83. The number of benzene rings is 1. The zero-order chi connectivity index (χ0) is 25.5. The van der Waals surface area contributed by atoms with Gasteiger partial charge in [0.1, 0.15) is 11.4 Å². The topological polar surface area (TPSA) is 136 Å². The number of nitrogens with zero attached hydrogens (tertiary/aromatic N) is 3. The van der Waals surface area contributed by atoms with Crippen LogP contribution in [0.3, 0.4) is 0 Å². The number of carbonyl (C=O) groups is 1. The number of rotatable bonds is 4. The molecular weight excluding hydrogens is 459 g/mol. The molecule has 0 atom stereocenters. The maximum absolute atomic E-state index is 13.4. The SMILES string of the molecule is CN1CCN(C(=O)C(=N)c2c(N)ccc3nc(C(C=N)=C(N)C(F)(F)F)c4c(c23)CCCC4)CC1. The number of aromatic nitrogens is 1. The number of allylic oxidation sites excluding steroid dienone is 2. The second-order valence-corrected chi connectivity index (χ2v) is 8.99. The van der Waals surface area contributed by atoms with Crippen LogP contribution in [0.25, 0.3) is 16.5 Å². The summed E-state index contributed by atoms with van der Waals surface area (Å²) in [6, 6.07) is 3.09. The number of carbonyl (C=O) groups excluding carboxylic acids is 1. The van der Waals surface area contributed by atoms with E-state index in [0.29, 0.717) is 67.3 Å². The van der Waals surface area contributed by atoms with E-state index in [1.165, 1.54) is 6.07 Å². The molecule has 11 heteroatoms. The lowest BCUT2D eigenvalue weighted by molar-refractivity contribution is -0.125. The van der Waals surface area contributed by atoms with E-state index < -0.39 is 23.4 Å². The molecule has 0 spiro atoms. The molecule has 1 aromatic carbocycles. The quantitative estimate of drug-likeness (QED) is 0.388. The summed E-state index contributed by atoms with van der Waals surface area (Å²) in [7, 11) is 1.97. The number of nitrogens with one attached hydrogen (secondary N) is 2. The Morgan fingerprint density at radius 1 is 1.11 bits per heavy atom. The van der Waals surface area contributed by atoms with Crippen LogP contribution in [-0.2, 0) is 17.6 Å². The molecule has 4 rings (SSSR count). The summed E-state index contributed by atoms with van der Waals surface area (Å²) < 4.78 is 40.3. The van der Waals surface area contributed by atoms with Gasteiger partial charge >= 0.3 is 6.18 Å². The van der Waals surface area contributed by atoms with Gasteiger partial charge in [0.2, 0.25) is 0 Å². The molecule has 2 aromatic rings. The molecule has 0 saturated carbocycles. The van der Waals surface area contributed by atoms with E-state index in [-0.39, 0.29) is 22.7 Å². The fourth-order valence-corrected chi connectivity index (χ4v) is 4.83. The van der Waals surface area contributed by atoms with Gasteiger partial charge in [0, 0.05) is 54.6 Å². The average molecular weight is 488 g/mol. The van der Waals surface area contributed by atoms with Gasteiger partial charge in [0.05, 0.1) is 11.2 Å². The lowest BCUT2D eigenvalue weighted by Gasteiger charge is -2.32. The number of halogens is 3. The molecule has 1 amide bonds. The first-order chi connectivity index (χ1) is 16.5. The minimum atomic E-state index is -4.81. The van der Waals surface area contributed by atoms with Gasteiger partial charge in [-0.2, -0.15) is 13.2 Å². The Hall–Kier alpha value is -3.47. The van der Waals surface area contributed by atoms with Crippen LogP contribution in [0.2, 0.25) is 0 Å². The van der Waals surface area contributed by atoms with Gasteiger partial charge in [-0.25, -0.2) is 4.98 Å². The Morgan fingerprint density at radius 3 is 2.34 bits per heavy atom. The Kier molecular flexibility index (Phi) is 6.54. The summed E-state index contributed by atoms with van der Waals surface area (Å²) in [6.07, 6.45) is -1.72. The number of aryl methyl sites for hydroxylation is 1.